The summed E-state index contributed by atoms with van der Waals surface area (Å²) in [6.45, 7) is 3.24. The Labute approximate surface area is 210 Å². The molecule has 1 saturated heterocycles. The standard InChI is InChI=1S/C29H29N3O4/c1-18-7-5-6-8-22(18)26-25(27(33)19-9-14-24-23(17-19)31(4)15-16-36-24)28(34)29(35)32(26)21-12-10-20(11-13-21)30(2)3/h5-14,17,26,33H,15-16H2,1-4H3/b27-25+. The van der Waals surface area contributed by atoms with Gasteiger partial charge in [-0.05, 0) is 60.5 Å². The molecule has 1 amide bonds. The molecule has 2 aliphatic heterocycles. The van der Waals surface area contributed by atoms with Crippen LogP contribution in [0.1, 0.15) is 22.7 Å². The number of anilines is 3. The van der Waals surface area contributed by atoms with Gasteiger partial charge in [0.2, 0.25) is 0 Å². The van der Waals surface area contributed by atoms with E-state index >= 15 is 0 Å². The van der Waals surface area contributed by atoms with Crippen LogP contribution < -0.4 is 19.4 Å². The molecular formula is C29H29N3O4. The van der Waals surface area contributed by atoms with E-state index in [0.717, 1.165) is 28.3 Å². The number of amides is 1. The number of nitrogens with zero attached hydrogens (tertiary/aromatic N) is 3. The van der Waals surface area contributed by atoms with Crippen molar-refractivity contribution in [3.05, 3.63) is 89.0 Å². The highest BCUT2D eigenvalue weighted by atomic mass is 16.5. The van der Waals surface area contributed by atoms with Crippen molar-refractivity contribution in [2.45, 2.75) is 13.0 Å². The van der Waals surface area contributed by atoms with Crippen LogP contribution in [0.3, 0.4) is 0 Å². The smallest absolute Gasteiger partial charge is 0.300 e. The van der Waals surface area contributed by atoms with E-state index in [1.807, 2.05) is 86.4 Å². The first kappa shape index (κ1) is 23.5. The van der Waals surface area contributed by atoms with Gasteiger partial charge in [-0.2, -0.15) is 0 Å². The number of rotatable bonds is 4. The maximum atomic E-state index is 13.5. The van der Waals surface area contributed by atoms with E-state index < -0.39 is 17.7 Å². The highest BCUT2D eigenvalue weighted by Gasteiger charge is 2.47. The highest BCUT2D eigenvalue weighted by Crippen LogP contribution is 2.44. The first-order valence-electron chi connectivity index (χ1n) is 11.9. The second-order valence-electron chi connectivity index (χ2n) is 9.39. The average Bonchev–Trinajstić information content (AvgIpc) is 3.14. The number of benzene rings is 3. The van der Waals surface area contributed by atoms with Crippen molar-refractivity contribution in [2.24, 2.45) is 0 Å². The van der Waals surface area contributed by atoms with Gasteiger partial charge < -0.3 is 19.6 Å². The van der Waals surface area contributed by atoms with Crippen LogP contribution in [-0.4, -0.2) is 51.1 Å². The van der Waals surface area contributed by atoms with Gasteiger partial charge in [-0.3, -0.25) is 14.5 Å². The third-order valence-electron chi connectivity index (χ3n) is 6.90. The number of Topliss-reactive ketones (excluding diaryl/α,β-unsaturated/α-hetero) is 1. The Balaban J connectivity index is 1.69. The molecule has 0 radical (unpaired) electrons. The Morgan fingerprint density at radius 3 is 2.44 bits per heavy atom. The van der Waals surface area contributed by atoms with E-state index in [9.17, 15) is 14.7 Å². The first-order chi connectivity index (χ1) is 17.3. The molecule has 2 heterocycles. The zero-order valence-corrected chi connectivity index (χ0v) is 20.9. The second kappa shape index (κ2) is 9.07. The normalized spacial score (nSPS) is 18.7. The lowest BCUT2D eigenvalue weighted by Crippen LogP contribution is -2.29. The molecule has 1 N–H and O–H groups in total. The summed E-state index contributed by atoms with van der Waals surface area (Å²) in [5.41, 5.74) is 4.64. The Hall–Kier alpha value is -4.26. The van der Waals surface area contributed by atoms with Crippen molar-refractivity contribution in [3.8, 4) is 5.75 Å². The summed E-state index contributed by atoms with van der Waals surface area (Å²) >= 11 is 0. The third-order valence-corrected chi connectivity index (χ3v) is 6.90. The molecule has 2 aliphatic rings. The number of aliphatic hydroxyl groups excluding tert-OH is 1. The first-order valence-corrected chi connectivity index (χ1v) is 11.9. The number of carbonyl (C=O) groups excluding carboxylic acids is 2. The van der Waals surface area contributed by atoms with E-state index in [1.54, 1.807) is 18.2 Å². The summed E-state index contributed by atoms with van der Waals surface area (Å²) in [5.74, 6) is -0.853. The lowest BCUT2D eigenvalue weighted by Gasteiger charge is -2.28. The second-order valence-corrected chi connectivity index (χ2v) is 9.39. The Kier molecular flexibility index (Phi) is 5.92. The van der Waals surface area contributed by atoms with E-state index in [0.29, 0.717) is 24.4 Å². The summed E-state index contributed by atoms with van der Waals surface area (Å²) in [6.07, 6.45) is 0. The summed E-state index contributed by atoms with van der Waals surface area (Å²) in [4.78, 5) is 32.4. The molecule has 1 unspecified atom stereocenters. The van der Waals surface area contributed by atoms with E-state index in [4.69, 9.17) is 4.74 Å². The number of ether oxygens (including phenoxy) is 1. The van der Waals surface area contributed by atoms with Crippen molar-refractivity contribution >= 4 is 34.5 Å². The van der Waals surface area contributed by atoms with Crippen molar-refractivity contribution in [1.82, 2.24) is 0 Å². The van der Waals surface area contributed by atoms with Crippen LogP contribution in [0.15, 0.2) is 72.3 Å². The molecule has 7 heteroatoms. The lowest BCUT2D eigenvalue weighted by molar-refractivity contribution is -0.132. The number of fused-ring (bicyclic) bond motifs is 1. The summed E-state index contributed by atoms with van der Waals surface area (Å²) in [7, 11) is 5.83. The van der Waals surface area contributed by atoms with Crippen molar-refractivity contribution < 1.29 is 19.4 Å². The van der Waals surface area contributed by atoms with Gasteiger partial charge >= 0.3 is 0 Å². The molecule has 36 heavy (non-hydrogen) atoms. The fourth-order valence-corrected chi connectivity index (χ4v) is 4.85. The van der Waals surface area contributed by atoms with E-state index in [-0.39, 0.29) is 11.3 Å². The molecule has 7 nitrogen and oxygen atoms in total. The van der Waals surface area contributed by atoms with Gasteiger partial charge in [0, 0.05) is 38.1 Å². The topological polar surface area (TPSA) is 73.3 Å². The fraction of sp³-hybridized carbons (Fsp3) is 0.241. The molecule has 1 fully saturated rings. The van der Waals surface area contributed by atoms with Gasteiger partial charge in [0.05, 0.1) is 23.8 Å². The highest BCUT2D eigenvalue weighted by molar-refractivity contribution is 6.51. The number of carbonyl (C=O) groups is 2. The van der Waals surface area contributed by atoms with Gasteiger partial charge in [-0.25, -0.2) is 0 Å². The van der Waals surface area contributed by atoms with Crippen LogP contribution in [0.25, 0.3) is 5.76 Å². The maximum absolute atomic E-state index is 13.5. The van der Waals surface area contributed by atoms with Gasteiger partial charge in [-0.15, -0.1) is 0 Å². The van der Waals surface area contributed by atoms with Crippen molar-refractivity contribution in [2.75, 3.05) is 49.0 Å². The SMILES string of the molecule is Cc1ccccc1C1/C(=C(\O)c2ccc3c(c2)N(C)CCO3)C(=O)C(=O)N1c1ccc(N(C)C)cc1. The largest absolute Gasteiger partial charge is 0.507 e. The zero-order valence-electron chi connectivity index (χ0n) is 20.9. The van der Waals surface area contributed by atoms with Crippen LogP contribution in [0.4, 0.5) is 17.1 Å². The number of hydrogen-bond donors (Lipinski definition) is 1. The molecule has 0 aliphatic carbocycles. The number of ketones is 1. The molecule has 0 spiro atoms. The number of hydrogen-bond acceptors (Lipinski definition) is 6. The third kappa shape index (κ3) is 3.86. The van der Waals surface area contributed by atoms with Gasteiger partial charge in [0.1, 0.15) is 18.1 Å². The number of likely N-dealkylation sites (N-methyl/N-ethyl adjacent to an activating group) is 1. The lowest BCUT2D eigenvalue weighted by atomic mass is 9.92. The number of aliphatic hydroxyl groups is 1. The van der Waals surface area contributed by atoms with Gasteiger partial charge in [-0.1, -0.05) is 24.3 Å². The van der Waals surface area contributed by atoms with Crippen LogP contribution in [0, 0.1) is 6.92 Å². The molecule has 1 atom stereocenters. The monoisotopic (exact) mass is 483 g/mol. The Bertz CT molecular complexity index is 1380. The van der Waals surface area contributed by atoms with Crippen molar-refractivity contribution in [1.29, 1.82) is 0 Å². The summed E-state index contributed by atoms with van der Waals surface area (Å²) < 4.78 is 5.73. The van der Waals surface area contributed by atoms with Crippen molar-refractivity contribution in [3.63, 3.8) is 0 Å². The maximum Gasteiger partial charge on any atom is 0.300 e. The summed E-state index contributed by atoms with van der Waals surface area (Å²) in [5, 5.41) is 11.5. The fourth-order valence-electron chi connectivity index (χ4n) is 4.85. The minimum atomic E-state index is -0.763. The molecule has 0 bridgehead atoms. The van der Waals surface area contributed by atoms with E-state index in [1.165, 1.54) is 4.90 Å². The average molecular weight is 484 g/mol. The Morgan fingerprint density at radius 1 is 1.03 bits per heavy atom. The molecule has 3 aromatic carbocycles. The van der Waals surface area contributed by atoms with Crippen LogP contribution in [-0.2, 0) is 9.59 Å². The van der Waals surface area contributed by atoms with Gasteiger partial charge in [0.25, 0.3) is 11.7 Å². The molecule has 3 aromatic rings. The van der Waals surface area contributed by atoms with Crippen LogP contribution in [0.5, 0.6) is 5.75 Å². The molecule has 184 valence electrons. The predicted molar refractivity (Wildman–Crippen MR) is 142 cm³/mol. The summed E-state index contributed by atoms with van der Waals surface area (Å²) in [6, 6.07) is 19.7. The predicted octanol–water partition coefficient (Wildman–Crippen LogP) is 4.52. The quantitative estimate of drug-likeness (QED) is 0.334. The molecular weight excluding hydrogens is 454 g/mol. The Morgan fingerprint density at radius 2 is 1.75 bits per heavy atom. The van der Waals surface area contributed by atoms with Crippen LogP contribution in [0.2, 0.25) is 0 Å². The molecule has 0 aromatic heterocycles. The molecule has 5 rings (SSSR count). The van der Waals surface area contributed by atoms with Gasteiger partial charge in [0.15, 0.2) is 0 Å². The molecule has 0 saturated carbocycles. The van der Waals surface area contributed by atoms with E-state index in [2.05, 4.69) is 0 Å². The number of aryl methyl sites for hydroxylation is 1. The minimum absolute atomic E-state index is 0.0744. The zero-order chi connectivity index (χ0) is 25.6. The van der Waals surface area contributed by atoms with Crippen LogP contribution >= 0.6 is 0 Å². The minimum Gasteiger partial charge on any atom is -0.507 e.